The summed E-state index contributed by atoms with van der Waals surface area (Å²) in [6.45, 7) is 4.27. The van der Waals surface area contributed by atoms with E-state index in [1.807, 2.05) is 0 Å². The second-order valence-corrected chi connectivity index (χ2v) is 5.52. The summed E-state index contributed by atoms with van der Waals surface area (Å²) in [6, 6.07) is 1.47. The fourth-order valence-electron chi connectivity index (χ4n) is 2.64. The van der Waals surface area contributed by atoms with Crippen molar-refractivity contribution >= 4 is 11.6 Å². The molecule has 3 N–H and O–H groups in total. The molecule has 1 aliphatic rings. The molecule has 0 aliphatic heterocycles. The Labute approximate surface area is 116 Å². The van der Waals surface area contributed by atoms with Crippen molar-refractivity contribution in [1.82, 2.24) is 9.97 Å². The first-order valence-corrected chi connectivity index (χ1v) is 6.75. The largest absolute Gasteiger partial charge is 0.451 e. The molecule has 0 spiro atoms. The quantitative estimate of drug-likeness (QED) is 0.876. The average Bonchev–Trinajstić information content (AvgIpc) is 2.33. The summed E-state index contributed by atoms with van der Waals surface area (Å²) in [7, 11) is 0. The average molecular weight is 288 g/mol. The van der Waals surface area contributed by atoms with Crippen LogP contribution in [0.2, 0.25) is 0 Å². The van der Waals surface area contributed by atoms with Crippen LogP contribution in [-0.2, 0) is 6.18 Å². The van der Waals surface area contributed by atoms with E-state index >= 15 is 0 Å². The Hall–Kier alpha value is -1.53. The second-order valence-electron chi connectivity index (χ2n) is 5.52. The van der Waals surface area contributed by atoms with Crippen molar-refractivity contribution in [3.8, 4) is 0 Å². The van der Waals surface area contributed by atoms with Gasteiger partial charge in [0.15, 0.2) is 0 Å². The van der Waals surface area contributed by atoms with Crippen LogP contribution in [-0.4, -0.2) is 16.0 Å². The molecule has 1 heterocycles. The van der Waals surface area contributed by atoms with Crippen molar-refractivity contribution in [3.63, 3.8) is 0 Å². The molecule has 2 rings (SSSR count). The highest BCUT2D eigenvalue weighted by Gasteiger charge is 2.36. The monoisotopic (exact) mass is 288 g/mol. The van der Waals surface area contributed by atoms with Gasteiger partial charge in [0, 0.05) is 12.1 Å². The number of hydrogen-bond donors (Lipinski definition) is 2. The van der Waals surface area contributed by atoms with Crippen molar-refractivity contribution in [2.75, 3.05) is 11.1 Å². The molecule has 1 fully saturated rings. The molecule has 3 unspecified atom stereocenters. The lowest BCUT2D eigenvalue weighted by atomic mass is 9.78. The SMILES string of the molecule is CC1CCCC(Nc2cc(N)nc(C(F)(F)F)n2)C1C. The molecule has 7 heteroatoms. The zero-order valence-electron chi connectivity index (χ0n) is 11.5. The number of nitrogens with one attached hydrogen (secondary N) is 1. The molecule has 1 saturated carbocycles. The van der Waals surface area contributed by atoms with E-state index in [-0.39, 0.29) is 17.7 Å². The van der Waals surface area contributed by atoms with E-state index < -0.39 is 12.0 Å². The summed E-state index contributed by atoms with van der Waals surface area (Å²) >= 11 is 0. The molecule has 112 valence electrons. The summed E-state index contributed by atoms with van der Waals surface area (Å²) in [4.78, 5) is 6.77. The fraction of sp³-hybridized carbons (Fsp3) is 0.692. The number of rotatable bonds is 2. The van der Waals surface area contributed by atoms with Crippen LogP contribution in [0, 0.1) is 11.8 Å². The van der Waals surface area contributed by atoms with Crippen LogP contribution in [0.15, 0.2) is 6.07 Å². The van der Waals surface area contributed by atoms with Crippen molar-refractivity contribution in [2.24, 2.45) is 11.8 Å². The third kappa shape index (κ3) is 3.32. The smallest absolute Gasteiger partial charge is 0.384 e. The van der Waals surface area contributed by atoms with E-state index in [1.54, 1.807) is 0 Å². The molecule has 0 radical (unpaired) electrons. The Morgan fingerprint density at radius 3 is 2.60 bits per heavy atom. The number of alkyl halides is 3. The molecule has 1 aliphatic carbocycles. The van der Waals surface area contributed by atoms with Gasteiger partial charge in [0.1, 0.15) is 11.6 Å². The minimum Gasteiger partial charge on any atom is -0.384 e. The van der Waals surface area contributed by atoms with Gasteiger partial charge < -0.3 is 11.1 Å². The maximum absolute atomic E-state index is 12.7. The lowest BCUT2D eigenvalue weighted by Crippen LogP contribution is -2.35. The fourth-order valence-corrected chi connectivity index (χ4v) is 2.64. The Kier molecular flexibility index (Phi) is 4.06. The lowest BCUT2D eigenvalue weighted by molar-refractivity contribution is -0.144. The highest BCUT2D eigenvalue weighted by molar-refractivity contribution is 5.45. The normalized spacial score (nSPS) is 27.4. The van der Waals surface area contributed by atoms with Gasteiger partial charge in [-0.2, -0.15) is 13.2 Å². The summed E-state index contributed by atoms with van der Waals surface area (Å²) < 4.78 is 38.0. The molecule has 3 atom stereocenters. The first kappa shape index (κ1) is 14.9. The Morgan fingerprint density at radius 1 is 1.25 bits per heavy atom. The molecule has 20 heavy (non-hydrogen) atoms. The first-order chi connectivity index (χ1) is 9.27. The topological polar surface area (TPSA) is 63.8 Å². The van der Waals surface area contributed by atoms with E-state index in [4.69, 9.17) is 5.73 Å². The van der Waals surface area contributed by atoms with E-state index in [0.717, 1.165) is 19.3 Å². The zero-order chi connectivity index (χ0) is 14.9. The standard InChI is InChI=1S/C13H19F3N4/c1-7-4-3-5-9(8(7)2)18-11-6-10(17)19-12(20-11)13(14,15)16/h6-9H,3-5H2,1-2H3,(H3,17,18,19,20). The Balaban J connectivity index is 2.19. The van der Waals surface area contributed by atoms with Gasteiger partial charge in [-0.3, -0.25) is 0 Å². The van der Waals surface area contributed by atoms with Gasteiger partial charge in [0.2, 0.25) is 5.82 Å². The molecule has 0 bridgehead atoms. The van der Waals surface area contributed by atoms with E-state index in [9.17, 15) is 13.2 Å². The van der Waals surface area contributed by atoms with Crippen molar-refractivity contribution in [3.05, 3.63) is 11.9 Å². The van der Waals surface area contributed by atoms with Gasteiger partial charge in [-0.25, -0.2) is 9.97 Å². The van der Waals surface area contributed by atoms with Gasteiger partial charge in [0.05, 0.1) is 0 Å². The second kappa shape index (κ2) is 5.46. The van der Waals surface area contributed by atoms with Gasteiger partial charge in [-0.05, 0) is 18.3 Å². The molecule has 0 saturated heterocycles. The van der Waals surface area contributed by atoms with Crippen LogP contribution in [0.4, 0.5) is 24.8 Å². The van der Waals surface area contributed by atoms with Crippen molar-refractivity contribution in [2.45, 2.75) is 45.3 Å². The molecule has 1 aromatic rings. The number of hydrogen-bond acceptors (Lipinski definition) is 4. The number of anilines is 2. The van der Waals surface area contributed by atoms with Crippen LogP contribution in [0.5, 0.6) is 0 Å². The third-order valence-electron chi connectivity index (χ3n) is 4.04. The van der Waals surface area contributed by atoms with Crippen molar-refractivity contribution in [1.29, 1.82) is 0 Å². The van der Waals surface area contributed by atoms with Crippen LogP contribution in [0.3, 0.4) is 0 Å². The molecule has 0 aromatic carbocycles. The summed E-state index contributed by atoms with van der Waals surface area (Å²) in [6.07, 6.45) is -1.44. The van der Waals surface area contributed by atoms with Crippen LogP contribution in [0.1, 0.15) is 38.9 Å². The maximum Gasteiger partial charge on any atom is 0.451 e. The highest BCUT2D eigenvalue weighted by Crippen LogP contribution is 2.32. The predicted molar refractivity (Wildman–Crippen MR) is 71.0 cm³/mol. The van der Waals surface area contributed by atoms with Crippen LogP contribution < -0.4 is 11.1 Å². The number of nitrogen functional groups attached to an aromatic ring is 1. The maximum atomic E-state index is 12.7. The number of nitrogens with two attached hydrogens (primary N) is 1. The minimum atomic E-state index is -4.59. The highest BCUT2D eigenvalue weighted by atomic mass is 19.4. The molecular weight excluding hydrogens is 269 g/mol. The first-order valence-electron chi connectivity index (χ1n) is 6.75. The molecular formula is C13H19F3N4. The predicted octanol–water partition coefficient (Wildman–Crippen LogP) is 3.31. The molecule has 4 nitrogen and oxygen atoms in total. The summed E-state index contributed by atoms with van der Waals surface area (Å²) in [5.74, 6) is -0.296. The summed E-state index contributed by atoms with van der Waals surface area (Å²) in [5.41, 5.74) is 5.43. The van der Waals surface area contributed by atoms with Gasteiger partial charge in [-0.15, -0.1) is 0 Å². The lowest BCUT2D eigenvalue weighted by Gasteiger charge is -2.35. The Morgan fingerprint density at radius 2 is 1.95 bits per heavy atom. The third-order valence-corrected chi connectivity index (χ3v) is 4.04. The summed E-state index contributed by atoms with van der Waals surface area (Å²) in [5, 5.41) is 3.08. The van der Waals surface area contributed by atoms with Gasteiger partial charge in [0.25, 0.3) is 0 Å². The molecule has 0 amide bonds. The number of aromatic nitrogens is 2. The zero-order valence-corrected chi connectivity index (χ0v) is 11.5. The van der Waals surface area contributed by atoms with E-state index in [1.165, 1.54) is 6.07 Å². The van der Waals surface area contributed by atoms with E-state index in [0.29, 0.717) is 11.8 Å². The number of halogens is 3. The minimum absolute atomic E-state index is 0.120. The number of nitrogens with zero attached hydrogens (tertiary/aromatic N) is 2. The van der Waals surface area contributed by atoms with Gasteiger partial charge in [-0.1, -0.05) is 26.7 Å². The van der Waals surface area contributed by atoms with Crippen molar-refractivity contribution < 1.29 is 13.2 Å². The Bertz CT molecular complexity index is 475. The van der Waals surface area contributed by atoms with Gasteiger partial charge >= 0.3 is 6.18 Å². The molecule has 1 aromatic heterocycles. The van der Waals surface area contributed by atoms with E-state index in [2.05, 4.69) is 29.1 Å². The van der Waals surface area contributed by atoms with Crippen LogP contribution in [0.25, 0.3) is 0 Å². The van der Waals surface area contributed by atoms with Crippen LogP contribution >= 0.6 is 0 Å².